The molecule has 0 radical (unpaired) electrons. The molecule has 0 aromatic carbocycles. The zero-order valence-corrected chi connectivity index (χ0v) is 11.0. The summed E-state index contributed by atoms with van der Waals surface area (Å²) < 4.78 is 4.45. The topological polar surface area (TPSA) is 101 Å². The van der Waals surface area contributed by atoms with Crippen LogP contribution in [0.25, 0.3) is 0 Å². The van der Waals surface area contributed by atoms with Crippen molar-refractivity contribution in [1.82, 2.24) is 5.01 Å². The number of carbonyl (C=O) groups is 2. The minimum atomic E-state index is -0.981. The maximum atomic E-state index is 11.0. The van der Waals surface area contributed by atoms with Crippen LogP contribution in [-0.4, -0.2) is 41.9 Å². The fourth-order valence-electron chi connectivity index (χ4n) is 1.14. The first-order valence-corrected chi connectivity index (χ1v) is 5.46. The molecule has 1 N–H and O–H groups in total. The van der Waals surface area contributed by atoms with E-state index in [0.717, 1.165) is 0 Å². The average molecular weight is 261 g/mol. The van der Waals surface area contributed by atoms with E-state index in [4.69, 9.17) is 5.11 Å². The summed E-state index contributed by atoms with van der Waals surface area (Å²) >= 11 is 0. The highest BCUT2D eigenvalue weighted by Crippen LogP contribution is 2.11. The van der Waals surface area contributed by atoms with Crippen molar-refractivity contribution in [2.75, 3.05) is 13.8 Å². The van der Waals surface area contributed by atoms with E-state index < -0.39 is 18.0 Å². The van der Waals surface area contributed by atoms with Gasteiger partial charge in [-0.05, 0) is 17.6 Å². The number of carbonyl (C=O) groups excluding carboxylic acids is 1. The molecule has 0 spiro atoms. The van der Waals surface area contributed by atoms with Crippen LogP contribution in [0.15, 0.2) is 10.5 Å². The number of nitrogens with zero attached hydrogens (tertiary/aromatic N) is 3. The van der Waals surface area contributed by atoms with E-state index in [2.05, 4.69) is 20.1 Å². The molecule has 18 heavy (non-hydrogen) atoms. The number of hydrogen-bond donors (Lipinski definition) is 1. The van der Waals surface area contributed by atoms with Gasteiger partial charge in [-0.2, -0.15) is 0 Å². The Kier molecular flexibility index (Phi) is 7.41. The molecule has 104 valence electrons. The lowest BCUT2D eigenvalue weighted by Crippen LogP contribution is -2.36. The van der Waals surface area contributed by atoms with Crippen molar-refractivity contribution in [3.63, 3.8) is 0 Å². The van der Waals surface area contributed by atoms with Gasteiger partial charge in [0.25, 0.3) is 6.79 Å². The second-order valence-electron chi connectivity index (χ2n) is 4.11. The minimum absolute atomic E-state index is 0.214. The molecule has 0 fully saturated rings. The lowest BCUT2D eigenvalue weighted by molar-refractivity contribution is -0.155. The van der Waals surface area contributed by atoms with Gasteiger partial charge in [0, 0.05) is 19.2 Å². The standard InChI is InChI=1S/C10H19N3O5/c1-7(2)5-9(10(15)16)13(4)11-12-18-6-17-8(3)14/h7,9H,5-6H2,1-4H3,(H,15,16). The van der Waals surface area contributed by atoms with Gasteiger partial charge in [-0.25, -0.2) is 4.79 Å². The predicted molar refractivity (Wildman–Crippen MR) is 61.2 cm³/mol. The molecule has 0 aliphatic carbocycles. The normalized spacial score (nSPS) is 12.5. The first-order chi connectivity index (χ1) is 8.34. The molecule has 0 aromatic heterocycles. The van der Waals surface area contributed by atoms with Crippen molar-refractivity contribution in [3.8, 4) is 0 Å². The van der Waals surface area contributed by atoms with Crippen LogP contribution in [-0.2, 0) is 19.2 Å². The Morgan fingerprint density at radius 2 is 2.00 bits per heavy atom. The van der Waals surface area contributed by atoms with Gasteiger partial charge < -0.3 is 14.7 Å². The zero-order valence-electron chi connectivity index (χ0n) is 11.0. The maximum Gasteiger partial charge on any atom is 0.328 e. The second kappa shape index (κ2) is 8.26. The molecule has 0 bridgehead atoms. The molecule has 8 nitrogen and oxygen atoms in total. The van der Waals surface area contributed by atoms with E-state index >= 15 is 0 Å². The van der Waals surface area contributed by atoms with Gasteiger partial charge in [0.2, 0.25) is 0 Å². The summed E-state index contributed by atoms with van der Waals surface area (Å²) in [4.78, 5) is 25.9. The maximum absolute atomic E-state index is 11.0. The Morgan fingerprint density at radius 3 is 2.44 bits per heavy atom. The van der Waals surface area contributed by atoms with Crippen molar-refractivity contribution in [2.24, 2.45) is 16.4 Å². The fourth-order valence-corrected chi connectivity index (χ4v) is 1.14. The van der Waals surface area contributed by atoms with E-state index in [9.17, 15) is 9.59 Å². The third-order valence-corrected chi connectivity index (χ3v) is 1.98. The number of rotatable bonds is 8. The summed E-state index contributed by atoms with van der Waals surface area (Å²) in [5.74, 6) is -1.27. The third-order valence-electron chi connectivity index (χ3n) is 1.98. The SMILES string of the molecule is CC(=O)OCON=NN(C)C(CC(C)C)C(=O)O. The first kappa shape index (κ1) is 16.1. The van der Waals surface area contributed by atoms with Crippen molar-refractivity contribution in [3.05, 3.63) is 0 Å². The van der Waals surface area contributed by atoms with Crippen LogP contribution in [0, 0.1) is 5.92 Å². The Balaban J connectivity index is 4.16. The number of likely N-dealkylation sites (N-methyl/N-ethyl adjacent to an activating group) is 1. The summed E-state index contributed by atoms with van der Waals surface area (Å²) in [5, 5.41) is 17.0. The van der Waals surface area contributed by atoms with Crippen LogP contribution in [0.5, 0.6) is 0 Å². The van der Waals surface area contributed by atoms with Gasteiger partial charge in [-0.1, -0.05) is 13.8 Å². The van der Waals surface area contributed by atoms with Crippen molar-refractivity contribution < 1.29 is 24.3 Å². The number of carboxylic acid groups (broad SMARTS) is 1. The summed E-state index contributed by atoms with van der Waals surface area (Å²) in [5.41, 5.74) is 0. The average Bonchev–Trinajstić information content (AvgIpc) is 2.24. The Hall–Kier alpha value is -1.86. The molecule has 0 amide bonds. The quantitative estimate of drug-likeness (QED) is 0.232. The van der Waals surface area contributed by atoms with Crippen LogP contribution in [0.4, 0.5) is 0 Å². The lowest BCUT2D eigenvalue weighted by Gasteiger charge is -2.21. The monoisotopic (exact) mass is 261 g/mol. The van der Waals surface area contributed by atoms with Crippen LogP contribution in [0.3, 0.4) is 0 Å². The van der Waals surface area contributed by atoms with Crippen LogP contribution < -0.4 is 0 Å². The summed E-state index contributed by atoms with van der Waals surface area (Å²) in [6.45, 7) is 4.71. The van der Waals surface area contributed by atoms with Crippen LogP contribution in [0.1, 0.15) is 27.2 Å². The van der Waals surface area contributed by atoms with E-state index in [-0.39, 0.29) is 12.7 Å². The van der Waals surface area contributed by atoms with E-state index in [1.54, 1.807) is 0 Å². The smallest absolute Gasteiger partial charge is 0.328 e. The Bertz CT molecular complexity index is 306. The highest BCUT2D eigenvalue weighted by atomic mass is 16.8. The van der Waals surface area contributed by atoms with Gasteiger partial charge in [-0.3, -0.25) is 9.80 Å². The summed E-state index contributed by atoms with van der Waals surface area (Å²) in [6.07, 6.45) is 0.439. The molecule has 8 heteroatoms. The van der Waals surface area contributed by atoms with Crippen LogP contribution in [0.2, 0.25) is 0 Å². The molecule has 0 rings (SSSR count). The Morgan fingerprint density at radius 1 is 1.39 bits per heavy atom. The highest BCUT2D eigenvalue weighted by Gasteiger charge is 2.23. The molecular formula is C10H19N3O5. The molecule has 0 aliphatic heterocycles. The number of aliphatic carboxylic acids is 1. The molecule has 0 aromatic rings. The van der Waals surface area contributed by atoms with Gasteiger partial charge in [0.15, 0.2) is 0 Å². The molecule has 0 saturated carbocycles. The van der Waals surface area contributed by atoms with Gasteiger partial charge >= 0.3 is 11.9 Å². The van der Waals surface area contributed by atoms with Gasteiger partial charge in [0.05, 0.1) is 0 Å². The highest BCUT2D eigenvalue weighted by molar-refractivity contribution is 5.73. The lowest BCUT2D eigenvalue weighted by atomic mass is 10.0. The molecule has 0 aliphatic rings. The van der Waals surface area contributed by atoms with Crippen molar-refractivity contribution >= 4 is 11.9 Å². The predicted octanol–water partition coefficient (Wildman–Crippen LogP) is 1.24. The van der Waals surface area contributed by atoms with E-state index in [0.29, 0.717) is 6.42 Å². The number of esters is 1. The first-order valence-electron chi connectivity index (χ1n) is 5.46. The fraction of sp³-hybridized carbons (Fsp3) is 0.800. The third kappa shape index (κ3) is 7.42. The molecule has 1 atom stereocenters. The Labute approximate surface area is 105 Å². The molecule has 0 saturated heterocycles. The molecule has 1 unspecified atom stereocenters. The van der Waals surface area contributed by atoms with Crippen molar-refractivity contribution in [1.29, 1.82) is 0 Å². The number of hydrogen-bond acceptors (Lipinski definition) is 6. The second-order valence-corrected chi connectivity index (χ2v) is 4.11. The largest absolute Gasteiger partial charge is 0.480 e. The van der Waals surface area contributed by atoms with Crippen molar-refractivity contribution in [2.45, 2.75) is 33.2 Å². The zero-order chi connectivity index (χ0) is 14.1. The summed E-state index contributed by atoms with van der Waals surface area (Å²) in [7, 11) is 1.49. The van der Waals surface area contributed by atoms with Crippen LogP contribution >= 0.6 is 0 Å². The van der Waals surface area contributed by atoms with E-state index in [1.807, 2.05) is 13.8 Å². The minimum Gasteiger partial charge on any atom is -0.480 e. The van der Waals surface area contributed by atoms with E-state index in [1.165, 1.54) is 19.0 Å². The van der Waals surface area contributed by atoms with Gasteiger partial charge in [-0.15, -0.1) is 0 Å². The van der Waals surface area contributed by atoms with Gasteiger partial charge in [0.1, 0.15) is 6.04 Å². The molecule has 0 heterocycles. The number of ether oxygens (including phenoxy) is 1. The summed E-state index contributed by atoms with van der Waals surface area (Å²) in [6, 6.07) is -0.772. The number of carboxylic acids is 1. The molecular weight excluding hydrogens is 242 g/mol.